The molecule has 1 atom stereocenters. The summed E-state index contributed by atoms with van der Waals surface area (Å²) in [6.07, 6.45) is 2.19. The minimum absolute atomic E-state index is 0.301. The third-order valence-corrected chi connectivity index (χ3v) is 1.95. The minimum atomic E-state index is -1.96. The lowest BCUT2D eigenvalue weighted by atomic mass is 10.6. The van der Waals surface area contributed by atoms with Crippen molar-refractivity contribution in [3.05, 3.63) is 12.7 Å². The zero-order chi connectivity index (χ0) is 7.82. The van der Waals surface area contributed by atoms with Crippen molar-refractivity contribution >= 4 is 8.03 Å². The van der Waals surface area contributed by atoms with Crippen LogP contribution >= 0.6 is 8.03 Å². The Kier molecular flexibility index (Phi) is 6.16. The maximum Gasteiger partial charge on any atom is 0.192 e. The summed E-state index contributed by atoms with van der Waals surface area (Å²) in [5.41, 5.74) is 0. The molecule has 0 bridgehead atoms. The van der Waals surface area contributed by atoms with Crippen LogP contribution in [0.1, 0.15) is 6.42 Å². The van der Waals surface area contributed by atoms with E-state index in [0.29, 0.717) is 19.2 Å². The molecule has 1 unspecified atom stereocenters. The molecule has 0 aromatic heterocycles. The zero-order valence-electron chi connectivity index (χ0n) is 5.67. The summed E-state index contributed by atoms with van der Waals surface area (Å²) in [6.45, 7) is 3.71. The number of hydrogen-bond acceptors (Lipinski definition) is 3. The van der Waals surface area contributed by atoms with Gasteiger partial charge in [0.05, 0.1) is 12.7 Å². The SMILES string of the molecule is C=CCO[PH](=O)CCC#N. The predicted octanol–water partition coefficient (Wildman–Crippen LogP) is 1.58. The first-order chi connectivity index (χ1) is 4.81. The smallest absolute Gasteiger partial charge is 0.192 e. The zero-order valence-corrected chi connectivity index (χ0v) is 6.67. The van der Waals surface area contributed by atoms with E-state index in [0.717, 1.165) is 0 Å². The van der Waals surface area contributed by atoms with E-state index in [-0.39, 0.29) is 0 Å². The molecule has 0 rings (SSSR count). The molecule has 0 aromatic rings. The highest BCUT2D eigenvalue weighted by molar-refractivity contribution is 7.39. The van der Waals surface area contributed by atoms with Gasteiger partial charge in [0, 0.05) is 12.6 Å². The van der Waals surface area contributed by atoms with Crippen LogP contribution < -0.4 is 0 Å². The van der Waals surface area contributed by atoms with Gasteiger partial charge in [-0.1, -0.05) is 6.08 Å². The Balaban J connectivity index is 3.27. The molecular formula is C6H10NO2P. The summed E-state index contributed by atoms with van der Waals surface area (Å²) >= 11 is 0. The van der Waals surface area contributed by atoms with Crippen LogP contribution in [0.5, 0.6) is 0 Å². The summed E-state index contributed by atoms with van der Waals surface area (Å²) < 4.78 is 15.5. The fourth-order valence-corrected chi connectivity index (χ4v) is 1.15. The number of nitrogens with zero attached hydrogens (tertiary/aromatic N) is 1. The summed E-state index contributed by atoms with van der Waals surface area (Å²) in [5.74, 6) is 0. The molecule has 0 heterocycles. The van der Waals surface area contributed by atoms with E-state index >= 15 is 0 Å². The molecule has 56 valence electrons. The van der Waals surface area contributed by atoms with Gasteiger partial charge in [0.1, 0.15) is 0 Å². The molecule has 10 heavy (non-hydrogen) atoms. The fraction of sp³-hybridized carbons (Fsp3) is 0.500. The van der Waals surface area contributed by atoms with Crippen LogP contribution in [-0.2, 0) is 9.09 Å². The van der Waals surface area contributed by atoms with Crippen molar-refractivity contribution in [1.82, 2.24) is 0 Å². The number of rotatable bonds is 5. The predicted molar refractivity (Wildman–Crippen MR) is 40.2 cm³/mol. The van der Waals surface area contributed by atoms with Gasteiger partial charge in [-0.15, -0.1) is 6.58 Å². The molecule has 0 aliphatic rings. The second kappa shape index (κ2) is 6.54. The fourth-order valence-electron chi connectivity index (χ4n) is 0.382. The largest absolute Gasteiger partial charge is 0.326 e. The van der Waals surface area contributed by atoms with Crippen LogP contribution in [-0.4, -0.2) is 12.8 Å². The van der Waals surface area contributed by atoms with Gasteiger partial charge in [0.15, 0.2) is 8.03 Å². The van der Waals surface area contributed by atoms with E-state index < -0.39 is 8.03 Å². The van der Waals surface area contributed by atoms with Crippen molar-refractivity contribution in [3.8, 4) is 6.07 Å². The molecule has 3 nitrogen and oxygen atoms in total. The Morgan fingerprint density at radius 3 is 3.00 bits per heavy atom. The van der Waals surface area contributed by atoms with E-state index in [1.807, 2.05) is 6.07 Å². The second-order valence-electron chi connectivity index (χ2n) is 1.63. The van der Waals surface area contributed by atoms with Crippen molar-refractivity contribution in [2.75, 3.05) is 12.8 Å². The number of nitriles is 1. The quantitative estimate of drug-likeness (QED) is 0.452. The van der Waals surface area contributed by atoms with Crippen molar-refractivity contribution < 1.29 is 9.09 Å². The van der Waals surface area contributed by atoms with Crippen LogP contribution in [0.2, 0.25) is 0 Å². The summed E-state index contributed by atoms with van der Waals surface area (Å²) in [6, 6.07) is 1.89. The van der Waals surface area contributed by atoms with Gasteiger partial charge in [-0.25, -0.2) is 0 Å². The monoisotopic (exact) mass is 159 g/mol. The van der Waals surface area contributed by atoms with Gasteiger partial charge in [0.25, 0.3) is 0 Å². The van der Waals surface area contributed by atoms with Gasteiger partial charge >= 0.3 is 0 Å². The van der Waals surface area contributed by atoms with Gasteiger partial charge in [-0.05, 0) is 0 Å². The molecule has 0 aliphatic heterocycles. The van der Waals surface area contributed by atoms with Crippen LogP contribution in [0.4, 0.5) is 0 Å². The molecule has 4 heteroatoms. The van der Waals surface area contributed by atoms with Crippen molar-refractivity contribution in [2.45, 2.75) is 6.42 Å². The van der Waals surface area contributed by atoms with E-state index in [9.17, 15) is 4.57 Å². The molecular weight excluding hydrogens is 149 g/mol. The number of hydrogen-bond donors (Lipinski definition) is 0. The summed E-state index contributed by atoms with van der Waals surface area (Å²) in [7, 11) is -1.96. The second-order valence-corrected chi connectivity index (χ2v) is 3.16. The lowest BCUT2D eigenvalue weighted by molar-refractivity contribution is 0.371. The van der Waals surface area contributed by atoms with Crippen LogP contribution in [0.3, 0.4) is 0 Å². The molecule has 0 aliphatic carbocycles. The third kappa shape index (κ3) is 5.55. The van der Waals surface area contributed by atoms with Crippen LogP contribution in [0.15, 0.2) is 12.7 Å². The van der Waals surface area contributed by atoms with Crippen LogP contribution in [0.25, 0.3) is 0 Å². The highest BCUT2D eigenvalue weighted by Crippen LogP contribution is 2.21. The Hall–Kier alpha value is -0.580. The molecule has 0 spiro atoms. The molecule has 0 fully saturated rings. The summed E-state index contributed by atoms with van der Waals surface area (Å²) in [5, 5.41) is 8.09. The molecule has 0 aromatic carbocycles. The lowest BCUT2D eigenvalue weighted by Gasteiger charge is -1.96. The van der Waals surface area contributed by atoms with Crippen molar-refractivity contribution in [2.24, 2.45) is 0 Å². The highest BCUT2D eigenvalue weighted by atomic mass is 31.1. The first kappa shape index (κ1) is 9.42. The van der Waals surface area contributed by atoms with Crippen molar-refractivity contribution in [3.63, 3.8) is 0 Å². The Morgan fingerprint density at radius 1 is 1.80 bits per heavy atom. The average molecular weight is 159 g/mol. The minimum Gasteiger partial charge on any atom is -0.326 e. The van der Waals surface area contributed by atoms with E-state index in [4.69, 9.17) is 9.79 Å². The van der Waals surface area contributed by atoms with E-state index in [1.165, 1.54) is 6.08 Å². The third-order valence-electron chi connectivity index (χ3n) is 0.803. The molecule has 0 amide bonds. The molecule has 0 saturated carbocycles. The maximum atomic E-state index is 10.7. The Morgan fingerprint density at radius 2 is 2.50 bits per heavy atom. The standard InChI is InChI=1S/C6H10NO2P/c1-2-5-9-10(8)6-3-4-7/h2,10H,1,3,5-6H2. The van der Waals surface area contributed by atoms with Gasteiger partial charge in [-0.3, -0.25) is 4.57 Å². The topological polar surface area (TPSA) is 50.1 Å². The molecule has 0 N–H and O–H groups in total. The van der Waals surface area contributed by atoms with E-state index in [1.54, 1.807) is 0 Å². The lowest BCUT2D eigenvalue weighted by Crippen LogP contribution is -1.82. The van der Waals surface area contributed by atoms with Crippen molar-refractivity contribution in [1.29, 1.82) is 5.26 Å². The highest BCUT2D eigenvalue weighted by Gasteiger charge is 1.95. The first-order valence-electron chi connectivity index (χ1n) is 2.94. The average Bonchev–Trinajstić information content (AvgIpc) is 1.97. The Bertz CT molecular complexity index is 162. The maximum absolute atomic E-state index is 10.7. The molecule has 0 saturated heterocycles. The van der Waals surface area contributed by atoms with Gasteiger partial charge in [0.2, 0.25) is 0 Å². The van der Waals surface area contributed by atoms with E-state index in [2.05, 4.69) is 6.58 Å². The van der Waals surface area contributed by atoms with Crippen LogP contribution in [0, 0.1) is 11.3 Å². The first-order valence-corrected chi connectivity index (χ1v) is 4.47. The normalized spacial score (nSPS) is 11.9. The van der Waals surface area contributed by atoms with Gasteiger partial charge in [-0.2, -0.15) is 5.26 Å². The van der Waals surface area contributed by atoms with Gasteiger partial charge < -0.3 is 4.52 Å². The summed E-state index contributed by atoms with van der Waals surface area (Å²) in [4.78, 5) is 0. The molecule has 0 radical (unpaired) electrons. The Labute approximate surface area is 61.2 Å².